The summed E-state index contributed by atoms with van der Waals surface area (Å²) in [5, 5.41) is 83.1. The highest BCUT2D eigenvalue weighted by molar-refractivity contribution is 5.76. The van der Waals surface area contributed by atoms with E-state index in [1.807, 2.05) is 14.1 Å². The van der Waals surface area contributed by atoms with Crippen LogP contribution in [0.5, 0.6) is 0 Å². The fourth-order valence-electron chi connectivity index (χ4n) is 14.8. The molecule has 1 aromatic carbocycles. The highest BCUT2D eigenvalue weighted by atomic mass is 16.7. The van der Waals surface area contributed by atoms with Crippen molar-refractivity contribution < 1.29 is 54.8 Å². The fraction of sp³-hybridized carbons (Fsp3) is 0.816. The van der Waals surface area contributed by atoms with Crippen molar-refractivity contribution in [3.63, 3.8) is 0 Å². The van der Waals surface area contributed by atoms with Crippen molar-refractivity contribution in [2.24, 2.45) is 62.1 Å². The normalized spacial score (nSPS) is 45.8. The summed E-state index contributed by atoms with van der Waals surface area (Å²) in [4.78, 5) is 13.5. The van der Waals surface area contributed by atoms with Gasteiger partial charge in [0.2, 0.25) is 0 Å². The highest BCUT2D eigenvalue weighted by Crippen LogP contribution is 2.77. The van der Waals surface area contributed by atoms with Gasteiger partial charge in [-0.25, -0.2) is 0 Å². The number of carboxylic acid groups (broad SMARTS) is 1. The number of nitrogens with one attached hydrogen (secondary N) is 2. The quantitative estimate of drug-likeness (QED) is 0.0904. The largest absolute Gasteiger partial charge is 0.481 e. The molecular formula is C49H78N2O11. The van der Waals surface area contributed by atoms with Gasteiger partial charge in [0.1, 0.15) is 18.3 Å². The predicted molar refractivity (Wildman–Crippen MR) is 233 cm³/mol. The molecule has 6 aliphatic rings. The van der Waals surface area contributed by atoms with Crippen LogP contribution in [0.25, 0.3) is 0 Å². The van der Waals surface area contributed by atoms with E-state index in [-0.39, 0.29) is 78.9 Å². The molecule has 17 atom stereocenters. The van der Waals surface area contributed by atoms with E-state index in [0.29, 0.717) is 45.1 Å². The molecule has 9 N–H and O–H groups in total. The zero-order valence-electron chi connectivity index (χ0n) is 38.3. The topological polar surface area (TPSA) is 210 Å². The summed E-state index contributed by atoms with van der Waals surface area (Å²) in [6.45, 7) is 12.5. The molecule has 0 aromatic heterocycles. The molecule has 0 spiro atoms. The Morgan fingerprint density at radius 2 is 1.58 bits per heavy atom. The van der Waals surface area contributed by atoms with Crippen molar-refractivity contribution in [1.29, 1.82) is 0 Å². The van der Waals surface area contributed by atoms with Gasteiger partial charge in [-0.05, 0) is 141 Å². The van der Waals surface area contributed by atoms with Crippen molar-refractivity contribution in [1.82, 2.24) is 10.6 Å². The van der Waals surface area contributed by atoms with Crippen LogP contribution in [0.4, 0.5) is 0 Å². The van der Waals surface area contributed by atoms with Crippen LogP contribution in [0.1, 0.15) is 104 Å². The van der Waals surface area contributed by atoms with Gasteiger partial charge in [0.15, 0.2) is 6.29 Å². The summed E-state index contributed by atoms with van der Waals surface area (Å²) in [7, 11) is 3.81. The number of ether oxygens (including phenoxy) is 3. The SMILES string of the molecule is CNCc1ccc(COC2CC3(C)C(CCC4(C)C3C(CC(CO)CNC)C=C3C5CC(C)(CO)CCC5(C(=O)O)CCC34C)C(C)(CO)C2OC2OCC(O)C(O)C2O)cc1. The second-order valence-electron chi connectivity index (χ2n) is 22.0. The van der Waals surface area contributed by atoms with E-state index in [2.05, 4.69) is 75.6 Å². The minimum Gasteiger partial charge on any atom is -0.481 e. The lowest BCUT2D eigenvalue weighted by molar-refractivity contribution is -0.334. The molecule has 0 amide bonds. The lowest BCUT2D eigenvalue weighted by atomic mass is 9.31. The fourth-order valence-corrected chi connectivity index (χ4v) is 14.8. The lowest BCUT2D eigenvalue weighted by Crippen LogP contribution is -2.70. The van der Waals surface area contributed by atoms with Gasteiger partial charge in [0.25, 0.3) is 0 Å². The van der Waals surface area contributed by atoms with Crippen LogP contribution in [0.15, 0.2) is 35.9 Å². The molecule has 1 heterocycles. The summed E-state index contributed by atoms with van der Waals surface area (Å²) in [5.74, 6) is -1.14. The Labute approximate surface area is 369 Å². The number of aliphatic hydroxyl groups is 6. The average Bonchev–Trinajstić information content (AvgIpc) is 3.24. The maximum absolute atomic E-state index is 13.5. The number of hydrogen-bond acceptors (Lipinski definition) is 12. The van der Waals surface area contributed by atoms with Crippen molar-refractivity contribution in [3.8, 4) is 0 Å². The van der Waals surface area contributed by atoms with Crippen LogP contribution >= 0.6 is 0 Å². The first-order chi connectivity index (χ1) is 29.3. The van der Waals surface area contributed by atoms with E-state index in [4.69, 9.17) is 14.2 Å². The number of aliphatic hydroxyl groups excluding tert-OH is 6. The van der Waals surface area contributed by atoms with Crippen LogP contribution in [-0.2, 0) is 32.2 Å². The maximum Gasteiger partial charge on any atom is 0.310 e. The molecule has 4 saturated carbocycles. The molecule has 1 saturated heterocycles. The van der Waals surface area contributed by atoms with E-state index < -0.39 is 59.0 Å². The number of carbonyl (C=O) groups is 1. The molecule has 7 rings (SSSR count). The summed E-state index contributed by atoms with van der Waals surface area (Å²) in [6.07, 6.45) is 1.52. The van der Waals surface area contributed by atoms with Crippen LogP contribution in [0, 0.1) is 62.1 Å². The molecule has 350 valence electrons. The number of carboxylic acids is 1. The Hall–Kier alpha value is -2.01. The van der Waals surface area contributed by atoms with Gasteiger partial charge in [-0.1, -0.05) is 70.5 Å². The molecule has 1 aliphatic heterocycles. The molecule has 62 heavy (non-hydrogen) atoms. The molecule has 0 radical (unpaired) electrons. The second-order valence-corrected chi connectivity index (χ2v) is 22.0. The minimum absolute atomic E-state index is 0.000187. The highest BCUT2D eigenvalue weighted by Gasteiger charge is 2.73. The third-order valence-electron chi connectivity index (χ3n) is 18.4. The number of aliphatic carboxylic acids is 1. The maximum atomic E-state index is 13.5. The van der Waals surface area contributed by atoms with Crippen molar-refractivity contribution in [3.05, 3.63) is 47.0 Å². The van der Waals surface area contributed by atoms with E-state index >= 15 is 0 Å². The van der Waals surface area contributed by atoms with E-state index in [1.54, 1.807) is 0 Å². The van der Waals surface area contributed by atoms with Gasteiger partial charge in [-0.3, -0.25) is 4.79 Å². The van der Waals surface area contributed by atoms with Crippen LogP contribution in [-0.4, -0.2) is 126 Å². The third kappa shape index (κ3) is 7.84. The molecule has 13 nitrogen and oxygen atoms in total. The Kier molecular flexibility index (Phi) is 13.9. The van der Waals surface area contributed by atoms with Gasteiger partial charge in [0.05, 0.1) is 37.4 Å². The van der Waals surface area contributed by atoms with Crippen molar-refractivity contribution in [2.75, 3.05) is 47.1 Å². The first kappa shape index (κ1) is 47.9. The summed E-state index contributed by atoms with van der Waals surface area (Å²) >= 11 is 0. The number of hydrogen-bond donors (Lipinski definition) is 9. The van der Waals surface area contributed by atoms with Crippen LogP contribution < -0.4 is 10.6 Å². The average molecular weight is 871 g/mol. The van der Waals surface area contributed by atoms with Gasteiger partial charge < -0.3 is 60.6 Å². The third-order valence-corrected chi connectivity index (χ3v) is 18.4. The molecular weight excluding hydrogens is 793 g/mol. The summed E-state index contributed by atoms with van der Waals surface area (Å²) < 4.78 is 19.7. The number of fused-ring (bicyclic) bond motifs is 7. The lowest BCUT2D eigenvalue weighted by Gasteiger charge is -2.73. The summed E-state index contributed by atoms with van der Waals surface area (Å²) in [5.41, 5.74) is 0.00613. The van der Waals surface area contributed by atoms with E-state index in [0.717, 1.165) is 36.9 Å². The van der Waals surface area contributed by atoms with Crippen LogP contribution in [0.2, 0.25) is 0 Å². The van der Waals surface area contributed by atoms with Crippen molar-refractivity contribution in [2.45, 2.75) is 142 Å². The predicted octanol–water partition coefficient (Wildman–Crippen LogP) is 4.00. The molecule has 13 heteroatoms. The standard InChI is InChI=1S/C49H78N2O11/c1-44(27-53)14-16-49(43(58)59)17-15-47(4)33(34(49)20-44)19-32(18-31(24-52)23-51-7)40-45(2)21-36(60-25-30-10-8-29(9-11-30)22-50-6)41(62-42-39(57)38(56)35(55)26-61-42)46(3,28-54)37(45)12-13-48(40,47)5/h8-11,19,31-32,34-42,50-57H,12-18,20-28H2,1-7H3,(H,58,59). The number of rotatable bonds is 15. The first-order valence-corrected chi connectivity index (χ1v) is 23.4. The Morgan fingerprint density at radius 3 is 2.21 bits per heavy atom. The number of allylic oxidation sites excluding steroid dienone is 2. The second kappa shape index (κ2) is 18.0. The van der Waals surface area contributed by atoms with Crippen LogP contribution in [0.3, 0.4) is 0 Å². The minimum atomic E-state index is -1.52. The van der Waals surface area contributed by atoms with Gasteiger partial charge in [0, 0.05) is 25.2 Å². The van der Waals surface area contributed by atoms with Crippen molar-refractivity contribution >= 4 is 5.97 Å². The smallest absolute Gasteiger partial charge is 0.310 e. The van der Waals surface area contributed by atoms with Gasteiger partial charge in [-0.2, -0.15) is 0 Å². The zero-order chi connectivity index (χ0) is 45.0. The molecule has 5 fully saturated rings. The van der Waals surface area contributed by atoms with Gasteiger partial charge in [-0.15, -0.1) is 0 Å². The zero-order valence-corrected chi connectivity index (χ0v) is 38.3. The molecule has 5 aliphatic carbocycles. The number of benzene rings is 1. The monoisotopic (exact) mass is 871 g/mol. The van der Waals surface area contributed by atoms with E-state index in [9.17, 15) is 40.5 Å². The van der Waals surface area contributed by atoms with Gasteiger partial charge >= 0.3 is 5.97 Å². The Balaban J connectivity index is 1.35. The van der Waals surface area contributed by atoms with E-state index in [1.165, 1.54) is 5.57 Å². The Bertz CT molecular complexity index is 1760. The Morgan fingerprint density at radius 1 is 0.887 bits per heavy atom. The molecule has 1 aromatic rings. The first-order valence-electron chi connectivity index (χ1n) is 23.4. The molecule has 17 unspecified atom stereocenters. The summed E-state index contributed by atoms with van der Waals surface area (Å²) in [6, 6.07) is 8.25. The molecule has 0 bridgehead atoms.